The second-order valence-corrected chi connectivity index (χ2v) is 10.0. The lowest BCUT2D eigenvalue weighted by Gasteiger charge is -2.25. The lowest BCUT2D eigenvalue weighted by molar-refractivity contribution is 0.0730. The van der Waals surface area contributed by atoms with Gasteiger partial charge in [-0.05, 0) is 42.5 Å². The fraction of sp³-hybridized carbons (Fsp3) is 0.286. The zero-order valence-electron chi connectivity index (χ0n) is 17.6. The molecule has 0 atom stereocenters. The van der Waals surface area contributed by atoms with Crippen molar-refractivity contribution in [3.8, 4) is 17.1 Å². The Bertz CT molecular complexity index is 1360. The molecule has 1 saturated heterocycles. The summed E-state index contributed by atoms with van der Waals surface area (Å²) in [5, 5.41) is 4.39. The molecule has 1 aliphatic rings. The normalized spacial score (nSPS) is 15.2. The second kappa shape index (κ2) is 9.14. The van der Waals surface area contributed by atoms with Crippen LogP contribution in [0.15, 0.2) is 61.5 Å². The van der Waals surface area contributed by atoms with Gasteiger partial charge in [0.15, 0.2) is 5.58 Å². The number of sulfonamides is 1. The minimum atomic E-state index is -3.60. The largest absolute Gasteiger partial charge is 0.497 e. The predicted octanol–water partition coefficient (Wildman–Crippen LogP) is 3.20. The Morgan fingerprint density at radius 1 is 1.09 bits per heavy atom. The molecule has 12 heteroatoms. The SMILES string of the molecule is COc1ccc(-c2noc(CSc3nc4cc(S(=O)(=O)N5CCOCC5)ccc4o3)n2)cc1. The first kappa shape index (κ1) is 21.9. The van der Waals surface area contributed by atoms with E-state index in [2.05, 4.69) is 15.1 Å². The maximum absolute atomic E-state index is 12.9. The molecular formula is C21H20N4O6S2. The molecule has 10 nitrogen and oxygen atoms in total. The Kier molecular flexibility index (Phi) is 6.06. The minimum absolute atomic E-state index is 0.183. The van der Waals surface area contributed by atoms with Crippen LogP contribution in [0.2, 0.25) is 0 Å². The fourth-order valence-corrected chi connectivity index (χ4v) is 5.44. The van der Waals surface area contributed by atoms with Crippen LogP contribution < -0.4 is 4.74 Å². The van der Waals surface area contributed by atoms with Crippen LogP contribution in [0.3, 0.4) is 0 Å². The van der Waals surface area contributed by atoms with Gasteiger partial charge in [-0.1, -0.05) is 16.9 Å². The Labute approximate surface area is 193 Å². The van der Waals surface area contributed by atoms with Gasteiger partial charge < -0.3 is 18.4 Å². The van der Waals surface area contributed by atoms with Crippen molar-refractivity contribution >= 4 is 32.9 Å². The highest BCUT2D eigenvalue weighted by molar-refractivity contribution is 7.98. The van der Waals surface area contributed by atoms with Crippen molar-refractivity contribution in [2.75, 3.05) is 33.4 Å². The van der Waals surface area contributed by atoms with Crippen LogP contribution in [-0.4, -0.2) is 61.3 Å². The molecule has 0 N–H and O–H groups in total. The van der Waals surface area contributed by atoms with Crippen LogP contribution in [0.4, 0.5) is 0 Å². The smallest absolute Gasteiger partial charge is 0.257 e. The van der Waals surface area contributed by atoms with Crippen molar-refractivity contribution in [3.63, 3.8) is 0 Å². The van der Waals surface area contributed by atoms with Crippen LogP contribution in [0.5, 0.6) is 5.75 Å². The van der Waals surface area contributed by atoms with Gasteiger partial charge in [0, 0.05) is 18.7 Å². The number of aromatic nitrogens is 3. The standard InChI is InChI=1S/C21H20N4O6S2/c1-28-15-4-2-14(3-5-15)20-23-19(31-24-20)13-32-21-22-17-12-16(6-7-18(17)30-21)33(26,27)25-8-10-29-11-9-25/h2-7,12H,8-11,13H2,1H3. The topological polar surface area (TPSA) is 121 Å². The first-order valence-corrected chi connectivity index (χ1v) is 12.5. The average molecular weight is 489 g/mol. The average Bonchev–Trinajstić information content (AvgIpc) is 3.49. The maximum atomic E-state index is 12.9. The number of morpholine rings is 1. The number of rotatable bonds is 7. The molecule has 0 radical (unpaired) electrons. The van der Waals surface area contributed by atoms with Crippen LogP contribution >= 0.6 is 11.8 Å². The van der Waals surface area contributed by atoms with Gasteiger partial charge >= 0.3 is 0 Å². The van der Waals surface area contributed by atoms with Crippen LogP contribution in [0.25, 0.3) is 22.5 Å². The van der Waals surface area contributed by atoms with Gasteiger partial charge in [0.1, 0.15) is 11.3 Å². The maximum Gasteiger partial charge on any atom is 0.257 e. The summed E-state index contributed by atoms with van der Waals surface area (Å²) in [5.74, 6) is 2.00. The van der Waals surface area contributed by atoms with E-state index in [1.54, 1.807) is 13.2 Å². The summed E-state index contributed by atoms with van der Waals surface area (Å²) >= 11 is 1.28. The molecule has 1 aliphatic heterocycles. The van der Waals surface area contributed by atoms with Crippen LogP contribution in [-0.2, 0) is 20.5 Å². The van der Waals surface area contributed by atoms with Gasteiger partial charge in [-0.3, -0.25) is 0 Å². The molecule has 2 aromatic carbocycles. The lowest BCUT2D eigenvalue weighted by Crippen LogP contribution is -2.40. The minimum Gasteiger partial charge on any atom is -0.497 e. The van der Waals surface area contributed by atoms with E-state index in [1.807, 2.05) is 24.3 Å². The highest BCUT2D eigenvalue weighted by atomic mass is 32.2. The second-order valence-electron chi connectivity index (χ2n) is 7.15. The van der Waals surface area contributed by atoms with E-state index in [9.17, 15) is 8.42 Å². The molecule has 0 unspecified atom stereocenters. The summed E-state index contributed by atoms with van der Waals surface area (Å²) in [6.45, 7) is 1.45. The molecule has 33 heavy (non-hydrogen) atoms. The molecule has 1 fully saturated rings. The third-order valence-electron chi connectivity index (χ3n) is 5.08. The van der Waals surface area contributed by atoms with Crippen LogP contribution in [0, 0.1) is 0 Å². The van der Waals surface area contributed by atoms with Crippen molar-refractivity contribution in [1.82, 2.24) is 19.4 Å². The van der Waals surface area contributed by atoms with E-state index in [4.69, 9.17) is 18.4 Å². The molecule has 0 spiro atoms. The van der Waals surface area contributed by atoms with Gasteiger partial charge in [-0.25, -0.2) is 13.4 Å². The number of nitrogens with zero attached hydrogens (tertiary/aromatic N) is 4. The van der Waals surface area contributed by atoms with Crippen molar-refractivity contribution in [2.45, 2.75) is 15.9 Å². The molecular weight excluding hydrogens is 468 g/mol. The first-order chi connectivity index (χ1) is 16.0. The van der Waals surface area contributed by atoms with Crippen molar-refractivity contribution in [3.05, 3.63) is 48.4 Å². The number of hydrogen-bond donors (Lipinski definition) is 0. The summed E-state index contributed by atoms with van der Waals surface area (Å²) in [6.07, 6.45) is 0. The quantitative estimate of drug-likeness (QED) is 0.359. The zero-order chi connectivity index (χ0) is 22.8. The monoisotopic (exact) mass is 488 g/mol. The number of methoxy groups -OCH3 is 1. The summed E-state index contributed by atoms with van der Waals surface area (Å²) in [4.78, 5) is 9.00. The summed E-state index contributed by atoms with van der Waals surface area (Å²) in [5.41, 5.74) is 1.78. The molecule has 4 aromatic rings. The van der Waals surface area contributed by atoms with Crippen molar-refractivity contribution < 1.29 is 26.8 Å². The van der Waals surface area contributed by atoms with E-state index in [0.29, 0.717) is 60.1 Å². The van der Waals surface area contributed by atoms with Crippen LogP contribution in [0.1, 0.15) is 5.89 Å². The summed E-state index contributed by atoms with van der Waals surface area (Å²) in [7, 11) is -2.00. The fourth-order valence-electron chi connectivity index (χ4n) is 3.34. The molecule has 0 saturated carbocycles. The van der Waals surface area contributed by atoms with E-state index in [-0.39, 0.29) is 4.90 Å². The highest BCUT2D eigenvalue weighted by Crippen LogP contribution is 2.29. The Balaban J connectivity index is 1.28. The van der Waals surface area contributed by atoms with E-state index >= 15 is 0 Å². The number of ether oxygens (including phenoxy) is 2. The molecule has 0 amide bonds. The van der Waals surface area contributed by atoms with Gasteiger partial charge in [-0.2, -0.15) is 9.29 Å². The van der Waals surface area contributed by atoms with E-state index < -0.39 is 10.0 Å². The summed E-state index contributed by atoms with van der Waals surface area (Å²) < 4.78 is 48.6. The Morgan fingerprint density at radius 2 is 1.88 bits per heavy atom. The van der Waals surface area contributed by atoms with E-state index in [1.165, 1.54) is 28.2 Å². The molecule has 3 heterocycles. The van der Waals surface area contributed by atoms with Crippen molar-refractivity contribution in [1.29, 1.82) is 0 Å². The number of fused-ring (bicyclic) bond motifs is 1. The number of thioether (sulfide) groups is 1. The van der Waals surface area contributed by atoms with Crippen molar-refractivity contribution in [2.24, 2.45) is 0 Å². The number of oxazole rings is 1. The summed E-state index contributed by atoms with van der Waals surface area (Å²) in [6, 6.07) is 12.0. The van der Waals surface area contributed by atoms with E-state index in [0.717, 1.165) is 11.3 Å². The van der Waals surface area contributed by atoms with Gasteiger partial charge in [0.2, 0.25) is 21.7 Å². The first-order valence-electron chi connectivity index (χ1n) is 10.1. The third-order valence-corrected chi connectivity index (χ3v) is 7.79. The molecule has 2 aromatic heterocycles. The Morgan fingerprint density at radius 3 is 2.64 bits per heavy atom. The van der Waals surface area contributed by atoms with Gasteiger partial charge in [0.05, 0.1) is 31.0 Å². The number of hydrogen-bond acceptors (Lipinski definition) is 10. The molecule has 0 aliphatic carbocycles. The third kappa shape index (κ3) is 4.60. The predicted molar refractivity (Wildman–Crippen MR) is 119 cm³/mol. The Hall–Kier alpha value is -2.93. The highest BCUT2D eigenvalue weighted by Gasteiger charge is 2.27. The molecule has 172 valence electrons. The molecule has 5 rings (SSSR count). The lowest BCUT2D eigenvalue weighted by atomic mass is 10.2. The molecule has 0 bridgehead atoms. The van der Waals surface area contributed by atoms with Gasteiger partial charge in [0.25, 0.3) is 5.22 Å². The number of benzene rings is 2. The zero-order valence-corrected chi connectivity index (χ0v) is 19.3. The van der Waals surface area contributed by atoms with Gasteiger partial charge in [-0.15, -0.1) is 0 Å².